The van der Waals surface area contributed by atoms with Crippen molar-refractivity contribution in [2.24, 2.45) is 0 Å². The molecule has 3 rings (SSSR count). The summed E-state index contributed by atoms with van der Waals surface area (Å²) in [6.45, 7) is 4.63. The molecule has 0 aliphatic heterocycles. The number of nitrogens with zero attached hydrogens (tertiary/aromatic N) is 3. The van der Waals surface area contributed by atoms with E-state index in [1.54, 1.807) is 28.4 Å². The number of carbonyl (C=O) groups is 1. The van der Waals surface area contributed by atoms with Crippen LogP contribution in [-0.2, 0) is 6.42 Å². The Labute approximate surface area is 133 Å². The molecule has 0 spiro atoms. The molecule has 2 aromatic heterocycles. The number of aromatic nitrogens is 3. The van der Waals surface area contributed by atoms with Gasteiger partial charge in [-0.25, -0.2) is 4.98 Å². The average Bonchev–Trinajstić information content (AvgIpc) is 3.13. The highest BCUT2D eigenvalue weighted by molar-refractivity contribution is 7.18. The van der Waals surface area contributed by atoms with Crippen molar-refractivity contribution in [1.29, 1.82) is 0 Å². The minimum Gasteiger partial charge on any atom is -0.352 e. The van der Waals surface area contributed by atoms with Crippen molar-refractivity contribution in [2.75, 3.05) is 6.54 Å². The largest absolute Gasteiger partial charge is 0.352 e. The summed E-state index contributed by atoms with van der Waals surface area (Å²) in [4.78, 5) is 16.6. The summed E-state index contributed by atoms with van der Waals surface area (Å²) in [5.41, 5.74) is 1.62. The second-order valence-corrected chi connectivity index (χ2v) is 6.50. The first-order valence-electron chi connectivity index (χ1n) is 7.30. The number of benzene rings is 1. The van der Waals surface area contributed by atoms with Crippen molar-refractivity contribution in [2.45, 2.75) is 26.3 Å². The maximum atomic E-state index is 12.1. The molecule has 0 radical (unpaired) electrons. The Hall–Kier alpha value is -2.21. The lowest BCUT2D eigenvalue weighted by molar-refractivity contribution is 0.0954. The molecule has 6 heteroatoms. The Morgan fingerprint density at radius 3 is 2.91 bits per heavy atom. The van der Waals surface area contributed by atoms with Crippen LogP contribution in [-0.4, -0.2) is 27.2 Å². The minimum absolute atomic E-state index is 0.0898. The lowest BCUT2D eigenvalue weighted by atomic mass is 10.3. The van der Waals surface area contributed by atoms with Crippen LogP contribution in [0.25, 0.3) is 10.2 Å². The summed E-state index contributed by atoms with van der Waals surface area (Å²) in [6, 6.07) is 8.33. The first-order chi connectivity index (χ1) is 10.6. The van der Waals surface area contributed by atoms with Gasteiger partial charge < -0.3 is 5.32 Å². The van der Waals surface area contributed by atoms with Crippen LogP contribution in [0, 0.1) is 0 Å². The molecular weight excluding hydrogens is 296 g/mol. The van der Waals surface area contributed by atoms with Gasteiger partial charge in [-0.3, -0.25) is 9.48 Å². The summed E-state index contributed by atoms with van der Waals surface area (Å²) in [5.74, 6) is -0.0898. The van der Waals surface area contributed by atoms with E-state index in [2.05, 4.69) is 21.5 Å². The van der Waals surface area contributed by atoms with Crippen molar-refractivity contribution in [3.8, 4) is 0 Å². The van der Waals surface area contributed by atoms with Gasteiger partial charge in [-0.05, 0) is 26.0 Å². The van der Waals surface area contributed by atoms with E-state index in [-0.39, 0.29) is 11.9 Å². The number of carbonyl (C=O) groups excluding carboxylic acids is 1. The van der Waals surface area contributed by atoms with Gasteiger partial charge in [0.15, 0.2) is 0 Å². The zero-order valence-electron chi connectivity index (χ0n) is 12.6. The number of amides is 1. The molecule has 0 aliphatic carbocycles. The second-order valence-electron chi connectivity index (χ2n) is 5.38. The van der Waals surface area contributed by atoms with Crippen molar-refractivity contribution in [3.63, 3.8) is 0 Å². The third-order valence-electron chi connectivity index (χ3n) is 3.36. The molecule has 2 heterocycles. The van der Waals surface area contributed by atoms with Gasteiger partial charge >= 0.3 is 0 Å². The SMILES string of the molecule is CC(C)n1cc(C(=O)NCCc2nc3ccccc3s2)cn1. The lowest BCUT2D eigenvalue weighted by Crippen LogP contribution is -2.25. The zero-order chi connectivity index (χ0) is 15.5. The van der Waals surface area contributed by atoms with E-state index >= 15 is 0 Å². The van der Waals surface area contributed by atoms with E-state index in [4.69, 9.17) is 0 Å². The Morgan fingerprint density at radius 2 is 2.18 bits per heavy atom. The van der Waals surface area contributed by atoms with Crippen molar-refractivity contribution < 1.29 is 4.79 Å². The number of hydrogen-bond donors (Lipinski definition) is 1. The fourth-order valence-electron chi connectivity index (χ4n) is 2.15. The van der Waals surface area contributed by atoms with Crippen molar-refractivity contribution in [3.05, 3.63) is 47.2 Å². The van der Waals surface area contributed by atoms with Gasteiger partial charge in [0.05, 0.1) is 27.0 Å². The fourth-order valence-corrected chi connectivity index (χ4v) is 3.12. The highest BCUT2D eigenvalue weighted by Crippen LogP contribution is 2.21. The first kappa shape index (κ1) is 14.7. The minimum atomic E-state index is -0.0898. The Bertz CT molecular complexity index is 757. The summed E-state index contributed by atoms with van der Waals surface area (Å²) < 4.78 is 2.96. The number of fused-ring (bicyclic) bond motifs is 1. The third-order valence-corrected chi connectivity index (χ3v) is 4.45. The predicted octanol–water partition coefficient (Wildman–Crippen LogP) is 3.05. The molecule has 5 nitrogen and oxygen atoms in total. The van der Waals surface area contributed by atoms with E-state index in [1.807, 2.05) is 32.0 Å². The van der Waals surface area contributed by atoms with Gasteiger partial charge in [-0.1, -0.05) is 12.1 Å². The number of thiazole rings is 1. The standard InChI is InChI=1S/C16H18N4OS/c1-11(2)20-10-12(9-18-20)16(21)17-8-7-15-19-13-5-3-4-6-14(13)22-15/h3-6,9-11H,7-8H2,1-2H3,(H,17,21). The predicted molar refractivity (Wildman–Crippen MR) is 88.3 cm³/mol. The molecule has 3 aromatic rings. The molecule has 0 atom stereocenters. The van der Waals surface area contributed by atoms with Gasteiger partial charge in [-0.2, -0.15) is 5.10 Å². The highest BCUT2D eigenvalue weighted by Gasteiger charge is 2.10. The molecule has 22 heavy (non-hydrogen) atoms. The van der Waals surface area contributed by atoms with Gasteiger partial charge in [-0.15, -0.1) is 11.3 Å². The highest BCUT2D eigenvalue weighted by atomic mass is 32.1. The van der Waals surface area contributed by atoms with Crippen LogP contribution in [0.15, 0.2) is 36.7 Å². The molecule has 0 saturated carbocycles. The number of para-hydroxylation sites is 1. The molecule has 0 unspecified atom stereocenters. The van der Waals surface area contributed by atoms with Crippen molar-refractivity contribution in [1.82, 2.24) is 20.1 Å². The van der Waals surface area contributed by atoms with Crippen molar-refractivity contribution >= 4 is 27.5 Å². The smallest absolute Gasteiger partial charge is 0.254 e. The molecule has 0 fully saturated rings. The molecule has 1 N–H and O–H groups in total. The maximum absolute atomic E-state index is 12.1. The van der Waals surface area contributed by atoms with Crippen LogP contribution in [0.1, 0.15) is 35.3 Å². The van der Waals surface area contributed by atoms with Gasteiger partial charge in [0.1, 0.15) is 0 Å². The van der Waals surface area contributed by atoms with Crippen LogP contribution in [0.5, 0.6) is 0 Å². The molecule has 0 saturated heterocycles. The Kier molecular flexibility index (Phi) is 4.20. The van der Waals surface area contributed by atoms with Gasteiger partial charge in [0.2, 0.25) is 0 Å². The molecule has 1 amide bonds. The van der Waals surface area contributed by atoms with Crippen LogP contribution in [0.2, 0.25) is 0 Å². The summed E-state index contributed by atoms with van der Waals surface area (Å²) in [7, 11) is 0. The zero-order valence-corrected chi connectivity index (χ0v) is 13.4. The normalized spacial score (nSPS) is 11.2. The molecule has 0 aliphatic rings. The molecular formula is C16H18N4OS. The van der Waals surface area contributed by atoms with Crippen LogP contribution >= 0.6 is 11.3 Å². The van der Waals surface area contributed by atoms with Gasteiger partial charge in [0, 0.05) is 25.2 Å². The number of rotatable bonds is 5. The monoisotopic (exact) mass is 314 g/mol. The molecule has 1 aromatic carbocycles. The summed E-state index contributed by atoms with van der Waals surface area (Å²) >= 11 is 1.67. The lowest BCUT2D eigenvalue weighted by Gasteiger charge is -2.03. The Morgan fingerprint density at radius 1 is 1.36 bits per heavy atom. The quantitative estimate of drug-likeness (QED) is 0.787. The van der Waals surface area contributed by atoms with E-state index in [0.717, 1.165) is 16.9 Å². The first-order valence-corrected chi connectivity index (χ1v) is 8.12. The van der Waals surface area contributed by atoms with E-state index < -0.39 is 0 Å². The van der Waals surface area contributed by atoms with Crippen LogP contribution in [0.3, 0.4) is 0 Å². The third kappa shape index (κ3) is 3.17. The van der Waals surface area contributed by atoms with E-state index in [9.17, 15) is 4.79 Å². The fraction of sp³-hybridized carbons (Fsp3) is 0.312. The van der Waals surface area contributed by atoms with E-state index in [0.29, 0.717) is 12.1 Å². The van der Waals surface area contributed by atoms with E-state index in [1.165, 1.54) is 4.70 Å². The summed E-state index contributed by atoms with van der Waals surface area (Å²) in [5, 5.41) is 8.14. The number of hydrogen-bond acceptors (Lipinski definition) is 4. The molecule has 114 valence electrons. The molecule has 0 bridgehead atoms. The maximum Gasteiger partial charge on any atom is 0.254 e. The van der Waals surface area contributed by atoms with Gasteiger partial charge in [0.25, 0.3) is 5.91 Å². The van der Waals surface area contributed by atoms with Crippen LogP contribution < -0.4 is 5.32 Å². The summed E-state index contributed by atoms with van der Waals surface area (Å²) in [6.07, 6.45) is 4.12. The second kappa shape index (κ2) is 6.27. The van der Waals surface area contributed by atoms with Crippen LogP contribution in [0.4, 0.5) is 0 Å². The Balaban J connectivity index is 1.56. The topological polar surface area (TPSA) is 59.8 Å². The number of nitrogens with one attached hydrogen (secondary N) is 1. The average molecular weight is 314 g/mol.